The fraction of sp³-hybridized carbons (Fsp3) is 0.222. The summed E-state index contributed by atoms with van der Waals surface area (Å²) in [5.41, 5.74) is 1.02. The second-order valence-electron chi connectivity index (χ2n) is 5.18. The van der Waals surface area contributed by atoms with Gasteiger partial charge >= 0.3 is 0 Å². The lowest BCUT2D eigenvalue weighted by molar-refractivity contribution is 0.469. The van der Waals surface area contributed by atoms with Crippen LogP contribution < -0.4 is 5.32 Å². The Bertz CT molecular complexity index is 727. The molecule has 116 valence electrons. The predicted molar refractivity (Wildman–Crippen MR) is 97.6 cm³/mol. The van der Waals surface area contributed by atoms with Crippen molar-refractivity contribution in [2.75, 3.05) is 13.6 Å². The number of phenolic OH excluding ortho intramolecular Hbond substituents is 1. The van der Waals surface area contributed by atoms with Gasteiger partial charge in [-0.05, 0) is 36.8 Å². The monoisotopic (exact) mass is 333 g/mol. The van der Waals surface area contributed by atoms with Gasteiger partial charge in [0.1, 0.15) is 5.75 Å². The Morgan fingerprint density at radius 2 is 1.91 bits per heavy atom. The first-order valence-corrected chi connectivity index (χ1v) is 8.08. The number of aromatic hydroxyl groups is 1. The molecule has 3 aromatic rings. The van der Waals surface area contributed by atoms with Crippen LogP contribution in [0.3, 0.4) is 0 Å². The highest BCUT2D eigenvalue weighted by Crippen LogP contribution is 2.39. The molecule has 2 aromatic carbocycles. The summed E-state index contributed by atoms with van der Waals surface area (Å²) in [5.74, 6) is 0.657. The number of hydrogen-bond acceptors (Lipinski definition) is 3. The zero-order valence-corrected chi connectivity index (χ0v) is 14.1. The number of thiophene rings is 1. The maximum atomic E-state index is 10.7. The average molecular weight is 334 g/mol. The number of nitrogens with one attached hydrogen (secondary N) is 1. The van der Waals surface area contributed by atoms with E-state index in [0.717, 1.165) is 29.3 Å². The summed E-state index contributed by atoms with van der Waals surface area (Å²) in [6.07, 6.45) is 0.975. The van der Waals surface area contributed by atoms with Crippen LogP contribution in [0.25, 0.3) is 10.8 Å². The molecule has 2 N–H and O–H groups in total. The molecule has 0 aliphatic carbocycles. The molecule has 1 aromatic heterocycles. The predicted octanol–water partition coefficient (Wildman–Crippen LogP) is 4.77. The summed E-state index contributed by atoms with van der Waals surface area (Å²) < 4.78 is 0. The van der Waals surface area contributed by atoms with Crippen LogP contribution in [0.4, 0.5) is 0 Å². The molecule has 1 heterocycles. The van der Waals surface area contributed by atoms with E-state index in [0.29, 0.717) is 5.75 Å². The summed E-state index contributed by atoms with van der Waals surface area (Å²) in [4.78, 5) is 1.30. The quantitative estimate of drug-likeness (QED) is 0.705. The van der Waals surface area contributed by atoms with Gasteiger partial charge in [-0.3, -0.25) is 0 Å². The van der Waals surface area contributed by atoms with E-state index < -0.39 is 0 Å². The first-order chi connectivity index (χ1) is 10.3. The molecule has 1 unspecified atom stereocenters. The third kappa shape index (κ3) is 3.27. The largest absolute Gasteiger partial charge is 0.507 e. The van der Waals surface area contributed by atoms with Gasteiger partial charge in [-0.15, -0.1) is 23.7 Å². The van der Waals surface area contributed by atoms with E-state index in [1.165, 1.54) is 4.88 Å². The molecule has 0 aliphatic heterocycles. The van der Waals surface area contributed by atoms with Gasteiger partial charge in [0.25, 0.3) is 0 Å². The minimum absolute atomic E-state index is 0. The lowest BCUT2D eigenvalue weighted by Gasteiger charge is -2.18. The fourth-order valence-corrected chi connectivity index (χ4v) is 3.66. The number of phenols is 1. The number of hydrogen-bond donors (Lipinski definition) is 2. The molecule has 4 heteroatoms. The zero-order chi connectivity index (χ0) is 14.7. The molecule has 0 radical (unpaired) electrons. The highest BCUT2D eigenvalue weighted by atomic mass is 35.5. The van der Waals surface area contributed by atoms with Crippen LogP contribution in [0.15, 0.2) is 53.9 Å². The van der Waals surface area contributed by atoms with Gasteiger partial charge in [-0.1, -0.05) is 42.5 Å². The maximum absolute atomic E-state index is 10.7. The van der Waals surface area contributed by atoms with E-state index >= 15 is 0 Å². The molecular formula is C18H20ClNOS. The minimum Gasteiger partial charge on any atom is -0.507 e. The lowest BCUT2D eigenvalue weighted by Crippen LogP contribution is -2.12. The lowest BCUT2D eigenvalue weighted by atomic mass is 9.91. The van der Waals surface area contributed by atoms with Crippen molar-refractivity contribution in [2.45, 2.75) is 12.3 Å². The Kier molecular flexibility index (Phi) is 5.83. The van der Waals surface area contributed by atoms with Crippen molar-refractivity contribution in [3.63, 3.8) is 0 Å². The summed E-state index contributed by atoms with van der Waals surface area (Å²) in [6.45, 7) is 0.925. The summed E-state index contributed by atoms with van der Waals surface area (Å²) >= 11 is 1.75. The van der Waals surface area contributed by atoms with Gasteiger partial charge < -0.3 is 10.4 Å². The molecule has 0 spiro atoms. The van der Waals surface area contributed by atoms with Crippen LogP contribution >= 0.6 is 23.7 Å². The van der Waals surface area contributed by atoms with E-state index in [-0.39, 0.29) is 18.3 Å². The van der Waals surface area contributed by atoms with Crippen molar-refractivity contribution in [3.05, 3.63) is 64.4 Å². The van der Waals surface area contributed by atoms with Crippen LogP contribution in [0.2, 0.25) is 0 Å². The highest BCUT2D eigenvalue weighted by Gasteiger charge is 2.19. The molecule has 0 amide bonds. The van der Waals surface area contributed by atoms with Crippen molar-refractivity contribution < 1.29 is 5.11 Å². The van der Waals surface area contributed by atoms with Crippen LogP contribution in [0.5, 0.6) is 5.75 Å². The topological polar surface area (TPSA) is 32.3 Å². The Hall–Kier alpha value is -1.55. The van der Waals surface area contributed by atoms with E-state index in [1.54, 1.807) is 11.3 Å². The SMILES string of the molecule is CNCCC(c1cccs1)c1ccc2ccccc2c1O.Cl. The van der Waals surface area contributed by atoms with E-state index in [9.17, 15) is 5.11 Å². The van der Waals surface area contributed by atoms with E-state index in [2.05, 4.69) is 35.0 Å². The Morgan fingerprint density at radius 3 is 2.64 bits per heavy atom. The number of rotatable bonds is 5. The maximum Gasteiger partial charge on any atom is 0.127 e. The third-order valence-corrected chi connectivity index (χ3v) is 4.86. The highest BCUT2D eigenvalue weighted by molar-refractivity contribution is 7.10. The van der Waals surface area contributed by atoms with Gasteiger partial charge in [-0.25, -0.2) is 0 Å². The number of halogens is 1. The zero-order valence-electron chi connectivity index (χ0n) is 12.5. The van der Waals surface area contributed by atoms with E-state index in [1.807, 2.05) is 31.3 Å². The standard InChI is InChI=1S/C18H19NOS.ClH/c1-19-11-10-15(17-7-4-12-21-17)16-9-8-13-5-2-3-6-14(13)18(16)20;/h2-9,12,15,19-20H,10-11H2,1H3;1H. The van der Waals surface area contributed by atoms with E-state index in [4.69, 9.17) is 0 Å². The van der Waals surface area contributed by atoms with Gasteiger partial charge in [-0.2, -0.15) is 0 Å². The first kappa shape index (κ1) is 16.8. The van der Waals surface area contributed by atoms with Crippen molar-refractivity contribution in [2.24, 2.45) is 0 Å². The number of fused-ring (bicyclic) bond motifs is 1. The van der Waals surface area contributed by atoms with Gasteiger partial charge in [0.15, 0.2) is 0 Å². The molecule has 22 heavy (non-hydrogen) atoms. The Balaban J connectivity index is 0.00000176. The third-order valence-electron chi connectivity index (χ3n) is 3.88. The van der Waals surface area contributed by atoms with Crippen LogP contribution in [0, 0.1) is 0 Å². The van der Waals surface area contributed by atoms with Gasteiger partial charge in [0.05, 0.1) is 0 Å². The van der Waals surface area contributed by atoms with Gasteiger partial charge in [0, 0.05) is 21.7 Å². The molecule has 2 nitrogen and oxygen atoms in total. The van der Waals surface area contributed by atoms with Crippen molar-refractivity contribution in [1.82, 2.24) is 5.32 Å². The molecule has 0 saturated carbocycles. The number of benzene rings is 2. The van der Waals surface area contributed by atoms with Crippen LogP contribution in [-0.2, 0) is 0 Å². The Labute approximate surface area is 141 Å². The van der Waals surface area contributed by atoms with Crippen molar-refractivity contribution in [1.29, 1.82) is 0 Å². The minimum atomic E-state index is 0. The molecule has 0 aliphatic rings. The summed E-state index contributed by atoms with van der Waals surface area (Å²) in [5, 5.41) is 18.0. The Morgan fingerprint density at radius 1 is 1.09 bits per heavy atom. The fourth-order valence-electron chi connectivity index (χ4n) is 2.78. The molecule has 0 fully saturated rings. The first-order valence-electron chi connectivity index (χ1n) is 7.20. The summed E-state index contributed by atoms with van der Waals surface area (Å²) in [6, 6.07) is 16.4. The summed E-state index contributed by atoms with van der Waals surface area (Å²) in [7, 11) is 1.96. The molecule has 0 saturated heterocycles. The van der Waals surface area contributed by atoms with Crippen molar-refractivity contribution >= 4 is 34.5 Å². The smallest absolute Gasteiger partial charge is 0.127 e. The van der Waals surface area contributed by atoms with Crippen LogP contribution in [0.1, 0.15) is 22.8 Å². The van der Waals surface area contributed by atoms with Gasteiger partial charge in [0.2, 0.25) is 0 Å². The second-order valence-corrected chi connectivity index (χ2v) is 6.16. The average Bonchev–Trinajstić information content (AvgIpc) is 3.04. The van der Waals surface area contributed by atoms with Crippen molar-refractivity contribution in [3.8, 4) is 5.75 Å². The molecule has 0 bridgehead atoms. The van der Waals surface area contributed by atoms with Crippen LogP contribution in [-0.4, -0.2) is 18.7 Å². The molecular weight excluding hydrogens is 314 g/mol. The second kappa shape index (κ2) is 7.63. The molecule has 1 atom stereocenters. The normalized spacial score (nSPS) is 12.0. The molecule has 3 rings (SSSR count).